The van der Waals surface area contributed by atoms with Crippen molar-refractivity contribution in [2.75, 3.05) is 13.7 Å². The van der Waals surface area contributed by atoms with Crippen LogP contribution in [0.1, 0.15) is 20.8 Å². The molecule has 0 aliphatic carbocycles. The standard InChI is InChI=1S/C6H16N3O2/c1-5-8(6(2)3)9(10)7-11-4/h6H,5H2,1-4H3,(H,7,10)/q+1. The third-order valence-electron chi connectivity index (χ3n) is 1.30. The van der Waals surface area contributed by atoms with Gasteiger partial charge in [0.05, 0.1) is 12.6 Å². The Hall–Kier alpha value is -1.00. The van der Waals surface area contributed by atoms with Gasteiger partial charge in [0.2, 0.25) is 0 Å². The predicted molar refractivity (Wildman–Crippen MR) is 39.0 cm³/mol. The fourth-order valence-corrected chi connectivity index (χ4v) is 0.818. The SMILES string of the molecule is CCN(C(C)C)/[N+](O)=N/OC. The lowest BCUT2D eigenvalue weighted by molar-refractivity contribution is -0.944. The third kappa shape index (κ3) is 3.06. The Labute approximate surface area is 66.8 Å². The first-order valence-electron chi connectivity index (χ1n) is 3.63. The van der Waals surface area contributed by atoms with Gasteiger partial charge in [0.15, 0.2) is 0 Å². The summed E-state index contributed by atoms with van der Waals surface area (Å²) in [6.07, 6.45) is 0. The third-order valence-corrected chi connectivity index (χ3v) is 1.30. The van der Waals surface area contributed by atoms with E-state index in [2.05, 4.69) is 10.1 Å². The fourth-order valence-electron chi connectivity index (χ4n) is 0.818. The highest BCUT2D eigenvalue weighted by atomic mass is 16.7. The average Bonchev–Trinajstić information content (AvgIpc) is 1.88. The molecular weight excluding hydrogens is 146 g/mol. The van der Waals surface area contributed by atoms with Crippen LogP contribution in [-0.4, -0.2) is 34.9 Å². The molecule has 0 aromatic rings. The van der Waals surface area contributed by atoms with E-state index in [1.54, 1.807) is 5.01 Å². The maximum Gasteiger partial charge on any atom is 0.274 e. The maximum absolute atomic E-state index is 9.15. The van der Waals surface area contributed by atoms with Crippen LogP contribution >= 0.6 is 0 Å². The summed E-state index contributed by atoms with van der Waals surface area (Å²) in [6.45, 7) is 6.52. The Morgan fingerprint density at radius 2 is 2.18 bits per heavy atom. The molecule has 0 aliphatic heterocycles. The molecule has 5 nitrogen and oxygen atoms in total. The van der Waals surface area contributed by atoms with E-state index in [9.17, 15) is 0 Å². The van der Waals surface area contributed by atoms with Crippen LogP contribution in [0.2, 0.25) is 0 Å². The molecule has 0 amide bonds. The highest BCUT2D eigenvalue weighted by molar-refractivity contribution is 4.45. The molecule has 0 fully saturated rings. The van der Waals surface area contributed by atoms with Gasteiger partial charge in [-0.2, -0.15) is 0 Å². The van der Waals surface area contributed by atoms with Crippen LogP contribution in [-0.2, 0) is 4.84 Å². The topological polar surface area (TPSA) is 48.1 Å². The molecule has 0 rings (SSSR count). The van der Waals surface area contributed by atoms with Gasteiger partial charge in [-0.05, 0) is 20.8 Å². The fraction of sp³-hybridized carbons (Fsp3) is 1.00. The number of hydrogen-bond donors (Lipinski definition) is 1. The number of nitrogens with zero attached hydrogens (tertiary/aromatic N) is 3. The molecule has 0 aliphatic rings. The van der Waals surface area contributed by atoms with E-state index in [1.807, 2.05) is 20.8 Å². The van der Waals surface area contributed by atoms with Crippen molar-refractivity contribution in [1.29, 1.82) is 0 Å². The Morgan fingerprint density at radius 1 is 1.64 bits per heavy atom. The van der Waals surface area contributed by atoms with Gasteiger partial charge in [-0.25, -0.2) is 5.21 Å². The maximum atomic E-state index is 9.15. The van der Waals surface area contributed by atoms with Gasteiger partial charge < -0.3 is 4.84 Å². The molecule has 0 saturated heterocycles. The highest BCUT2D eigenvalue weighted by Gasteiger charge is 2.19. The zero-order valence-electron chi connectivity index (χ0n) is 7.48. The molecule has 0 atom stereocenters. The van der Waals surface area contributed by atoms with Gasteiger partial charge in [-0.3, -0.25) is 0 Å². The van der Waals surface area contributed by atoms with Crippen LogP contribution < -0.4 is 0 Å². The molecule has 0 bridgehead atoms. The summed E-state index contributed by atoms with van der Waals surface area (Å²) in [4.78, 5) is 5.11. The molecule has 0 unspecified atom stereocenters. The summed E-state index contributed by atoms with van der Waals surface area (Å²) in [5.74, 6) is 0. The van der Waals surface area contributed by atoms with Crippen molar-refractivity contribution in [2.45, 2.75) is 26.8 Å². The van der Waals surface area contributed by atoms with E-state index >= 15 is 0 Å². The van der Waals surface area contributed by atoms with Crippen molar-refractivity contribution < 1.29 is 15.0 Å². The van der Waals surface area contributed by atoms with E-state index in [-0.39, 0.29) is 6.04 Å². The van der Waals surface area contributed by atoms with Gasteiger partial charge in [-0.15, -0.1) is 5.01 Å². The smallest absolute Gasteiger partial charge is 0.274 e. The summed E-state index contributed by atoms with van der Waals surface area (Å²) < 4.78 is 0. The normalized spacial score (nSPS) is 11.9. The van der Waals surface area contributed by atoms with Gasteiger partial charge in [0, 0.05) is 0 Å². The molecule has 1 N–H and O–H groups in total. The van der Waals surface area contributed by atoms with E-state index in [0.29, 0.717) is 11.5 Å². The Morgan fingerprint density at radius 3 is 2.45 bits per heavy atom. The number of hydrogen-bond acceptors (Lipinski definition) is 2. The second-order valence-corrected chi connectivity index (χ2v) is 2.38. The van der Waals surface area contributed by atoms with E-state index in [0.717, 1.165) is 0 Å². The minimum absolute atomic E-state index is 0.198. The van der Waals surface area contributed by atoms with Crippen LogP contribution in [0.25, 0.3) is 0 Å². The molecule has 0 aromatic carbocycles. The Kier molecular flexibility index (Phi) is 4.33. The van der Waals surface area contributed by atoms with Crippen molar-refractivity contribution in [3.8, 4) is 0 Å². The summed E-state index contributed by atoms with van der Waals surface area (Å²) in [6, 6.07) is 0.198. The monoisotopic (exact) mass is 162 g/mol. The Balaban J connectivity index is 4.13. The molecule has 11 heavy (non-hydrogen) atoms. The molecule has 66 valence electrons. The molecule has 0 aromatic heterocycles. The van der Waals surface area contributed by atoms with Crippen LogP contribution in [0.15, 0.2) is 5.28 Å². The molecule has 0 saturated carbocycles. The van der Waals surface area contributed by atoms with Gasteiger partial charge >= 0.3 is 0 Å². The lowest BCUT2D eigenvalue weighted by Crippen LogP contribution is -2.37. The zero-order valence-corrected chi connectivity index (χ0v) is 7.48. The number of hydrazine groups is 1. The van der Waals surface area contributed by atoms with E-state index in [1.165, 1.54) is 7.11 Å². The van der Waals surface area contributed by atoms with Crippen LogP contribution in [0.4, 0.5) is 0 Å². The predicted octanol–water partition coefficient (Wildman–Crippen LogP) is 1.05. The van der Waals surface area contributed by atoms with Crippen LogP contribution in [0.5, 0.6) is 0 Å². The molecule has 0 radical (unpaired) electrons. The van der Waals surface area contributed by atoms with Crippen LogP contribution in [0.3, 0.4) is 0 Å². The summed E-state index contributed by atoms with van der Waals surface area (Å²) in [5, 5.41) is 14.1. The largest absolute Gasteiger partial charge is 0.346 e. The van der Waals surface area contributed by atoms with Gasteiger partial charge in [0.1, 0.15) is 7.11 Å². The lowest BCUT2D eigenvalue weighted by Gasteiger charge is -2.13. The first-order valence-corrected chi connectivity index (χ1v) is 3.63. The summed E-state index contributed by atoms with van der Waals surface area (Å²) in [5.41, 5.74) is 0. The molecule has 5 heteroatoms. The summed E-state index contributed by atoms with van der Waals surface area (Å²) in [7, 11) is 1.39. The van der Waals surface area contributed by atoms with Crippen molar-refractivity contribution in [3.05, 3.63) is 0 Å². The van der Waals surface area contributed by atoms with E-state index < -0.39 is 0 Å². The van der Waals surface area contributed by atoms with Gasteiger partial charge in [0.25, 0.3) is 10.2 Å². The van der Waals surface area contributed by atoms with Crippen LogP contribution in [0, 0.1) is 0 Å². The van der Waals surface area contributed by atoms with E-state index in [4.69, 9.17) is 5.21 Å². The molecule has 0 heterocycles. The van der Waals surface area contributed by atoms with Crippen molar-refractivity contribution in [3.63, 3.8) is 0 Å². The summed E-state index contributed by atoms with van der Waals surface area (Å²) >= 11 is 0. The number of rotatable bonds is 4. The Bertz CT molecular complexity index is 136. The first kappa shape index (κ1) is 10.0. The lowest BCUT2D eigenvalue weighted by atomic mass is 10.4. The quantitative estimate of drug-likeness (QED) is 0.382. The second-order valence-electron chi connectivity index (χ2n) is 2.38. The second kappa shape index (κ2) is 4.76. The molecular formula is C6H16N3O2+. The highest BCUT2D eigenvalue weighted by Crippen LogP contribution is 1.96. The van der Waals surface area contributed by atoms with Crippen molar-refractivity contribution in [1.82, 2.24) is 5.01 Å². The average molecular weight is 162 g/mol. The minimum Gasteiger partial charge on any atom is -0.346 e. The molecule has 0 spiro atoms. The van der Waals surface area contributed by atoms with Gasteiger partial charge in [-0.1, -0.05) is 0 Å². The zero-order chi connectivity index (χ0) is 8.85. The minimum atomic E-state index is 0.198. The first-order chi connectivity index (χ1) is 5.13. The van der Waals surface area contributed by atoms with Crippen molar-refractivity contribution in [2.24, 2.45) is 5.28 Å². The van der Waals surface area contributed by atoms with Crippen molar-refractivity contribution >= 4 is 0 Å².